The summed E-state index contributed by atoms with van der Waals surface area (Å²) in [6.07, 6.45) is 3.03. The van der Waals surface area contributed by atoms with Crippen molar-refractivity contribution in [3.8, 4) is 0 Å². The first-order valence-corrected chi connectivity index (χ1v) is 5.24. The number of nitrogens with one attached hydrogen (secondary N) is 1. The summed E-state index contributed by atoms with van der Waals surface area (Å²) in [5.74, 6) is 0.312. The van der Waals surface area contributed by atoms with Crippen molar-refractivity contribution in [1.82, 2.24) is 10.3 Å². The average molecular weight is 209 g/mol. The van der Waals surface area contributed by atoms with E-state index >= 15 is 0 Å². The normalized spacial score (nSPS) is 26.5. The predicted octanol–water partition coefficient (Wildman–Crippen LogP) is 1.52. The van der Waals surface area contributed by atoms with Crippen LogP contribution in [-0.4, -0.2) is 18.1 Å². The third-order valence-corrected chi connectivity index (χ3v) is 2.87. The molecule has 0 aromatic carbocycles. The Balaban J connectivity index is 2.38. The lowest BCUT2D eigenvalue weighted by molar-refractivity contribution is 0.122. The van der Waals surface area contributed by atoms with Crippen LogP contribution >= 0.6 is 0 Å². The van der Waals surface area contributed by atoms with Crippen LogP contribution in [0, 0.1) is 6.92 Å². The van der Waals surface area contributed by atoms with Crippen LogP contribution in [0.1, 0.15) is 24.0 Å². The summed E-state index contributed by atoms with van der Waals surface area (Å²) in [7, 11) is 0. The van der Waals surface area contributed by atoms with Gasteiger partial charge in [0.25, 0.3) is 0 Å². The van der Waals surface area contributed by atoms with E-state index in [4.69, 9.17) is 5.73 Å². The number of nitrogens with zero attached hydrogens (tertiary/aromatic N) is 1. The molecule has 0 saturated carbocycles. The molecule has 0 radical (unpaired) electrons. The lowest BCUT2D eigenvalue weighted by atomic mass is 9.88. The highest BCUT2D eigenvalue weighted by Gasteiger charge is 2.35. The van der Waals surface area contributed by atoms with Gasteiger partial charge in [-0.2, -0.15) is 0 Å². The van der Waals surface area contributed by atoms with Gasteiger partial charge in [0, 0.05) is 18.3 Å². The molecule has 3 N–H and O–H groups in total. The summed E-state index contributed by atoms with van der Waals surface area (Å²) >= 11 is 0. The minimum Gasteiger partial charge on any atom is -0.383 e. The Morgan fingerprint density at radius 3 is 3.07 bits per heavy atom. The molecule has 3 nitrogen and oxygen atoms in total. The van der Waals surface area contributed by atoms with E-state index in [1.807, 2.05) is 6.92 Å². The Bertz CT molecular complexity index is 359. The molecule has 1 aliphatic rings. The van der Waals surface area contributed by atoms with E-state index in [0.29, 0.717) is 24.3 Å². The average Bonchev–Trinajstić information content (AvgIpc) is 2.23. The number of rotatable bonds is 1. The van der Waals surface area contributed by atoms with Gasteiger partial charge in [-0.05, 0) is 37.9 Å². The second kappa shape index (κ2) is 3.77. The summed E-state index contributed by atoms with van der Waals surface area (Å²) in [5.41, 5.74) is 5.86. The second-order valence-electron chi connectivity index (χ2n) is 4.19. The van der Waals surface area contributed by atoms with Crippen LogP contribution in [0.4, 0.5) is 10.2 Å². The van der Waals surface area contributed by atoms with Gasteiger partial charge in [0.05, 0.1) is 0 Å². The third kappa shape index (κ3) is 1.95. The molecule has 2 rings (SSSR count). The monoisotopic (exact) mass is 209 g/mol. The van der Waals surface area contributed by atoms with Crippen LogP contribution in [0.25, 0.3) is 0 Å². The van der Waals surface area contributed by atoms with E-state index in [1.165, 1.54) is 0 Å². The van der Waals surface area contributed by atoms with Crippen LogP contribution in [0.2, 0.25) is 0 Å². The number of pyridine rings is 1. The predicted molar refractivity (Wildman–Crippen MR) is 58.3 cm³/mol. The number of anilines is 1. The van der Waals surface area contributed by atoms with Gasteiger partial charge in [-0.3, -0.25) is 0 Å². The van der Waals surface area contributed by atoms with Gasteiger partial charge in [0.15, 0.2) is 5.67 Å². The topological polar surface area (TPSA) is 50.9 Å². The summed E-state index contributed by atoms with van der Waals surface area (Å²) in [6, 6.07) is 1.80. The van der Waals surface area contributed by atoms with Crippen molar-refractivity contribution < 1.29 is 4.39 Å². The van der Waals surface area contributed by atoms with E-state index in [-0.39, 0.29) is 0 Å². The number of alkyl halides is 1. The van der Waals surface area contributed by atoms with E-state index in [1.54, 1.807) is 12.3 Å². The van der Waals surface area contributed by atoms with Gasteiger partial charge in [-0.15, -0.1) is 0 Å². The van der Waals surface area contributed by atoms with E-state index in [2.05, 4.69) is 10.3 Å². The van der Waals surface area contributed by atoms with Gasteiger partial charge < -0.3 is 11.1 Å². The number of aryl methyl sites for hydroxylation is 1. The zero-order valence-electron chi connectivity index (χ0n) is 8.89. The fourth-order valence-corrected chi connectivity index (χ4v) is 2.04. The highest BCUT2D eigenvalue weighted by atomic mass is 19.1. The first-order chi connectivity index (χ1) is 7.12. The Morgan fingerprint density at radius 2 is 2.40 bits per heavy atom. The molecule has 1 atom stereocenters. The summed E-state index contributed by atoms with van der Waals surface area (Å²) < 4.78 is 14.6. The Morgan fingerprint density at radius 1 is 1.60 bits per heavy atom. The Kier molecular flexibility index (Phi) is 2.61. The lowest BCUT2D eigenvalue weighted by Gasteiger charge is -2.31. The largest absolute Gasteiger partial charge is 0.383 e. The molecule has 4 heteroatoms. The number of hydrogen-bond donors (Lipinski definition) is 2. The maximum Gasteiger partial charge on any atom is 0.151 e. The van der Waals surface area contributed by atoms with Gasteiger partial charge in [0.1, 0.15) is 5.82 Å². The highest BCUT2D eigenvalue weighted by molar-refractivity contribution is 5.45. The van der Waals surface area contributed by atoms with Crippen LogP contribution in [0.3, 0.4) is 0 Å². The van der Waals surface area contributed by atoms with Crippen LogP contribution in [-0.2, 0) is 5.67 Å². The Labute approximate surface area is 88.9 Å². The minimum atomic E-state index is -1.35. The number of nitrogens with two attached hydrogens (primary N) is 1. The quantitative estimate of drug-likeness (QED) is 0.737. The first kappa shape index (κ1) is 10.4. The van der Waals surface area contributed by atoms with Crippen LogP contribution in [0.5, 0.6) is 0 Å². The van der Waals surface area contributed by atoms with Crippen LogP contribution in [0.15, 0.2) is 12.3 Å². The van der Waals surface area contributed by atoms with Crippen molar-refractivity contribution in [1.29, 1.82) is 0 Å². The van der Waals surface area contributed by atoms with Gasteiger partial charge >= 0.3 is 0 Å². The standard InChI is InChI=1S/C11H16FN3/c1-8-5-9(10(13)15-6-8)11(12)3-2-4-14-7-11/h5-6,14H,2-4,7H2,1H3,(H2,13,15). The number of aromatic nitrogens is 1. The first-order valence-electron chi connectivity index (χ1n) is 5.24. The van der Waals surface area contributed by atoms with Crippen molar-refractivity contribution in [3.05, 3.63) is 23.4 Å². The fourth-order valence-electron chi connectivity index (χ4n) is 2.04. The molecule has 1 aliphatic heterocycles. The number of nitrogen functional groups attached to an aromatic ring is 1. The minimum absolute atomic E-state index is 0.312. The lowest BCUT2D eigenvalue weighted by Crippen LogP contribution is -2.40. The molecule has 0 spiro atoms. The van der Waals surface area contributed by atoms with Crippen molar-refractivity contribution in [3.63, 3.8) is 0 Å². The number of hydrogen-bond acceptors (Lipinski definition) is 3. The maximum absolute atomic E-state index is 14.6. The number of piperidine rings is 1. The van der Waals surface area contributed by atoms with Gasteiger partial charge in [0.2, 0.25) is 0 Å². The molecule has 1 fully saturated rings. The van der Waals surface area contributed by atoms with Crippen molar-refractivity contribution in [2.24, 2.45) is 0 Å². The molecule has 1 aromatic heterocycles. The van der Waals surface area contributed by atoms with Crippen molar-refractivity contribution in [2.45, 2.75) is 25.4 Å². The SMILES string of the molecule is Cc1cnc(N)c(C2(F)CCCNC2)c1. The molecular formula is C11H16FN3. The van der Waals surface area contributed by atoms with Crippen molar-refractivity contribution >= 4 is 5.82 Å². The van der Waals surface area contributed by atoms with E-state index in [0.717, 1.165) is 18.5 Å². The molecule has 82 valence electrons. The Hall–Kier alpha value is -1.16. The zero-order valence-corrected chi connectivity index (χ0v) is 8.89. The molecule has 15 heavy (non-hydrogen) atoms. The molecule has 0 bridgehead atoms. The summed E-state index contributed by atoms with van der Waals surface area (Å²) in [4.78, 5) is 4.01. The molecule has 1 unspecified atom stereocenters. The van der Waals surface area contributed by atoms with E-state index in [9.17, 15) is 4.39 Å². The summed E-state index contributed by atoms with van der Waals surface area (Å²) in [6.45, 7) is 3.11. The maximum atomic E-state index is 14.6. The van der Waals surface area contributed by atoms with E-state index < -0.39 is 5.67 Å². The van der Waals surface area contributed by atoms with Crippen molar-refractivity contribution in [2.75, 3.05) is 18.8 Å². The zero-order chi connectivity index (χ0) is 10.9. The van der Waals surface area contributed by atoms with Gasteiger partial charge in [-0.1, -0.05) is 0 Å². The van der Waals surface area contributed by atoms with Gasteiger partial charge in [-0.25, -0.2) is 9.37 Å². The molecule has 2 heterocycles. The molecule has 1 saturated heterocycles. The molecule has 1 aromatic rings. The third-order valence-electron chi connectivity index (χ3n) is 2.87. The second-order valence-corrected chi connectivity index (χ2v) is 4.19. The van der Waals surface area contributed by atoms with Crippen LogP contribution < -0.4 is 11.1 Å². The molecule has 0 amide bonds. The molecule has 0 aliphatic carbocycles. The summed E-state index contributed by atoms with van der Waals surface area (Å²) in [5, 5.41) is 3.06. The number of halogens is 1. The smallest absolute Gasteiger partial charge is 0.151 e. The highest BCUT2D eigenvalue weighted by Crippen LogP contribution is 2.35. The molecular weight excluding hydrogens is 193 g/mol. The fraction of sp³-hybridized carbons (Fsp3) is 0.545.